The highest BCUT2D eigenvalue weighted by atomic mass is 32.2. The number of anilines is 1. The molecule has 0 aliphatic carbocycles. The lowest BCUT2D eigenvalue weighted by Crippen LogP contribution is -2.49. The van der Waals surface area contributed by atoms with Gasteiger partial charge >= 0.3 is 0 Å². The summed E-state index contributed by atoms with van der Waals surface area (Å²) in [6.45, 7) is 3.92. The maximum absolute atomic E-state index is 13.2. The van der Waals surface area contributed by atoms with E-state index in [1.165, 1.54) is 11.8 Å². The van der Waals surface area contributed by atoms with Crippen LogP contribution in [0.1, 0.15) is 29.1 Å². The fourth-order valence-corrected chi connectivity index (χ4v) is 4.31. The predicted octanol–water partition coefficient (Wildman–Crippen LogP) is 1.64. The molecule has 2 unspecified atom stereocenters. The Labute approximate surface area is 156 Å². The van der Waals surface area contributed by atoms with Gasteiger partial charge in [-0.1, -0.05) is 0 Å². The van der Waals surface area contributed by atoms with E-state index in [1.54, 1.807) is 12.3 Å². The highest BCUT2D eigenvalue weighted by molar-refractivity contribution is 8.00. The highest BCUT2D eigenvalue weighted by Crippen LogP contribution is 2.36. The molecule has 3 heterocycles. The Kier molecular flexibility index (Phi) is 4.46. The van der Waals surface area contributed by atoms with Gasteiger partial charge < -0.3 is 20.1 Å². The predicted molar refractivity (Wildman–Crippen MR) is 100 cm³/mol. The number of carbonyl (C=O) groups excluding carboxylic acids is 2. The lowest BCUT2D eigenvalue weighted by molar-refractivity contribution is -0.115. The summed E-state index contributed by atoms with van der Waals surface area (Å²) in [4.78, 5) is 32.4. The topological polar surface area (TPSA) is 79.3 Å². The molecule has 7 nitrogen and oxygen atoms in total. The van der Waals surface area contributed by atoms with E-state index in [0.29, 0.717) is 24.3 Å². The summed E-state index contributed by atoms with van der Waals surface area (Å²) in [6, 6.07) is 5.43. The number of imidazole rings is 1. The van der Waals surface area contributed by atoms with Crippen molar-refractivity contribution in [3.05, 3.63) is 42.0 Å². The first kappa shape index (κ1) is 17.1. The zero-order valence-corrected chi connectivity index (χ0v) is 15.5. The van der Waals surface area contributed by atoms with Crippen molar-refractivity contribution in [1.82, 2.24) is 19.8 Å². The average Bonchev–Trinajstić information content (AvgIpc) is 3.07. The molecule has 2 atom stereocenters. The second-order valence-corrected chi connectivity index (χ2v) is 7.96. The lowest BCUT2D eigenvalue weighted by Gasteiger charge is -2.36. The molecule has 4 rings (SSSR count). The van der Waals surface area contributed by atoms with E-state index >= 15 is 0 Å². The lowest BCUT2D eigenvalue weighted by atomic mass is 10.1. The number of fused-ring (bicyclic) bond motifs is 1. The number of aryl methyl sites for hydroxylation is 1. The molecule has 0 spiro atoms. The molecule has 1 fully saturated rings. The molecule has 1 aromatic heterocycles. The van der Waals surface area contributed by atoms with Crippen LogP contribution >= 0.6 is 11.8 Å². The number of amides is 2. The molecule has 2 aliphatic rings. The number of benzene rings is 1. The summed E-state index contributed by atoms with van der Waals surface area (Å²) in [6.07, 6.45) is 3.64. The first-order chi connectivity index (χ1) is 12.5. The van der Waals surface area contributed by atoms with Crippen LogP contribution in [0, 0.1) is 0 Å². The zero-order valence-electron chi connectivity index (χ0n) is 14.7. The van der Waals surface area contributed by atoms with E-state index < -0.39 is 0 Å². The van der Waals surface area contributed by atoms with E-state index in [-0.39, 0.29) is 23.1 Å². The first-order valence-electron chi connectivity index (χ1n) is 8.65. The Hall–Kier alpha value is -2.32. The standard InChI is InChI=1S/C18H21N5O2S/c1-11-17(24)21-13-9-12(3-4-15(13)26-11)18(25)23-8-5-19-10-14(23)16-20-6-7-22(16)2/h3-4,6-7,9,11,14,19H,5,8,10H2,1-2H3,(H,21,24). The van der Waals surface area contributed by atoms with Gasteiger partial charge in [-0.3, -0.25) is 9.59 Å². The fraction of sp³-hybridized carbons (Fsp3) is 0.389. The molecule has 8 heteroatoms. The number of hydrogen-bond acceptors (Lipinski definition) is 5. The number of nitrogens with one attached hydrogen (secondary N) is 2. The van der Waals surface area contributed by atoms with Gasteiger partial charge in [0.25, 0.3) is 5.91 Å². The van der Waals surface area contributed by atoms with Crippen LogP contribution in [0.4, 0.5) is 5.69 Å². The van der Waals surface area contributed by atoms with Crippen LogP contribution in [0.5, 0.6) is 0 Å². The Bertz CT molecular complexity index is 865. The number of piperazine rings is 1. The van der Waals surface area contributed by atoms with Gasteiger partial charge in [-0.2, -0.15) is 0 Å². The van der Waals surface area contributed by atoms with Crippen molar-refractivity contribution in [3.63, 3.8) is 0 Å². The number of aromatic nitrogens is 2. The summed E-state index contributed by atoms with van der Waals surface area (Å²) < 4.78 is 1.95. The fourth-order valence-electron chi connectivity index (χ4n) is 3.38. The molecule has 0 bridgehead atoms. The smallest absolute Gasteiger partial charge is 0.254 e. The molecule has 0 saturated carbocycles. The molecule has 2 N–H and O–H groups in total. The van der Waals surface area contributed by atoms with Crippen molar-refractivity contribution in [1.29, 1.82) is 0 Å². The van der Waals surface area contributed by atoms with Crippen LogP contribution in [0.2, 0.25) is 0 Å². The number of rotatable bonds is 2. The molecule has 136 valence electrons. The van der Waals surface area contributed by atoms with Gasteiger partial charge in [-0.05, 0) is 25.1 Å². The van der Waals surface area contributed by atoms with E-state index in [1.807, 2.05) is 41.8 Å². The normalized spacial score (nSPS) is 22.7. The van der Waals surface area contributed by atoms with E-state index in [9.17, 15) is 9.59 Å². The van der Waals surface area contributed by atoms with Crippen molar-refractivity contribution in [2.24, 2.45) is 7.05 Å². The molecule has 2 aromatic rings. The third kappa shape index (κ3) is 2.99. The minimum absolute atomic E-state index is 0.0276. The molecular formula is C18H21N5O2S. The Morgan fingerprint density at radius 2 is 2.23 bits per heavy atom. The van der Waals surface area contributed by atoms with Crippen LogP contribution < -0.4 is 10.6 Å². The van der Waals surface area contributed by atoms with Crippen LogP contribution in [0.3, 0.4) is 0 Å². The third-order valence-electron chi connectivity index (χ3n) is 4.82. The zero-order chi connectivity index (χ0) is 18.3. The molecule has 26 heavy (non-hydrogen) atoms. The minimum atomic E-state index is -0.120. The van der Waals surface area contributed by atoms with Gasteiger partial charge in [0.1, 0.15) is 11.9 Å². The third-order valence-corrected chi connectivity index (χ3v) is 6.00. The summed E-state index contributed by atoms with van der Waals surface area (Å²) in [7, 11) is 1.94. The van der Waals surface area contributed by atoms with Crippen molar-refractivity contribution in [2.45, 2.75) is 23.1 Å². The highest BCUT2D eigenvalue weighted by Gasteiger charge is 2.32. The van der Waals surface area contributed by atoms with Gasteiger partial charge in [0.05, 0.1) is 10.9 Å². The number of carbonyl (C=O) groups is 2. The van der Waals surface area contributed by atoms with Crippen molar-refractivity contribution < 1.29 is 9.59 Å². The molecule has 2 amide bonds. The van der Waals surface area contributed by atoms with Crippen molar-refractivity contribution in [2.75, 3.05) is 25.0 Å². The molecular weight excluding hydrogens is 350 g/mol. The number of hydrogen-bond donors (Lipinski definition) is 2. The number of thioether (sulfide) groups is 1. The molecule has 1 saturated heterocycles. The first-order valence-corrected chi connectivity index (χ1v) is 9.53. The molecule has 0 radical (unpaired) electrons. The summed E-state index contributed by atoms with van der Waals surface area (Å²) >= 11 is 1.52. The van der Waals surface area contributed by atoms with Crippen LogP contribution in [0.15, 0.2) is 35.5 Å². The van der Waals surface area contributed by atoms with Crippen LogP contribution in [0.25, 0.3) is 0 Å². The summed E-state index contributed by atoms with van der Waals surface area (Å²) in [5.41, 5.74) is 1.30. The van der Waals surface area contributed by atoms with Gasteiger partial charge in [-0.15, -0.1) is 11.8 Å². The SMILES string of the molecule is CC1Sc2ccc(C(=O)N3CCNCC3c3nccn3C)cc2NC1=O. The number of nitrogens with zero attached hydrogens (tertiary/aromatic N) is 3. The maximum Gasteiger partial charge on any atom is 0.254 e. The van der Waals surface area contributed by atoms with Gasteiger partial charge in [0.2, 0.25) is 5.91 Å². The van der Waals surface area contributed by atoms with Crippen molar-refractivity contribution in [3.8, 4) is 0 Å². The van der Waals surface area contributed by atoms with Crippen molar-refractivity contribution >= 4 is 29.3 Å². The van der Waals surface area contributed by atoms with Gasteiger partial charge in [0, 0.05) is 49.5 Å². The monoisotopic (exact) mass is 371 g/mol. The van der Waals surface area contributed by atoms with Crippen LogP contribution in [-0.4, -0.2) is 51.1 Å². The van der Waals surface area contributed by atoms with Gasteiger partial charge in [0.15, 0.2) is 0 Å². The Morgan fingerprint density at radius 3 is 3.00 bits per heavy atom. The maximum atomic E-state index is 13.2. The molecule has 1 aromatic carbocycles. The minimum Gasteiger partial charge on any atom is -0.336 e. The van der Waals surface area contributed by atoms with Crippen LogP contribution in [-0.2, 0) is 11.8 Å². The second kappa shape index (κ2) is 6.77. The molecule has 2 aliphatic heterocycles. The van der Waals surface area contributed by atoms with Gasteiger partial charge in [-0.25, -0.2) is 4.98 Å². The quantitative estimate of drug-likeness (QED) is 0.839. The van der Waals surface area contributed by atoms with E-state index in [4.69, 9.17) is 0 Å². The average molecular weight is 371 g/mol. The Morgan fingerprint density at radius 1 is 1.38 bits per heavy atom. The summed E-state index contributed by atoms with van der Waals surface area (Å²) in [5.74, 6) is 0.793. The second-order valence-electron chi connectivity index (χ2n) is 6.58. The van der Waals surface area contributed by atoms with E-state index in [2.05, 4.69) is 15.6 Å². The summed E-state index contributed by atoms with van der Waals surface area (Å²) in [5, 5.41) is 6.12. The largest absolute Gasteiger partial charge is 0.336 e. The Balaban J connectivity index is 1.63. The van der Waals surface area contributed by atoms with E-state index in [0.717, 1.165) is 17.3 Å².